The summed E-state index contributed by atoms with van der Waals surface area (Å²) in [7, 11) is 0. The van der Waals surface area contributed by atoms with Crippen LogP contribution in [-0.2, 0) is 17.9 Å². The number of benzene rings is 2. The molecule has 10 heteroatoms. The van der Waals surface area contributed by atoms with Crippen molar-refractivity contribution in [2.75, 3.05) is 43.2 Å². The monoisotopic (exact) mass is 541 g/mol. The second-order valence-corrected chi connectivity index (χ2v) is 11.5. The number of hydrogen-bond donors (Lipinski definition) is 1. The number of aromatic nitrogens is 4. The van der Waals surface area contributed by atoms with E-state index in [0.29, 0.717) is 57.5 Å². The maximum atomic E-state index is 12.8. The number of nitrogens with one attached hydrogen (secondary N) is 1. The number of piperazine rings is 1. The third kappa shape index (κ3) is 5.66. The minimum Gasteiger partial charge on any atom is -0.454 e. The first-order valence-electron chi connectivity index (χ1n) is 13.7. The molecule has 0 aliphatic carbocycles. The number of carbonyl (C=O) groups is 1. The fraction of sp³-hybridized carbons (Fsp3) is 0.400. The lowest BCUT2D eigenvalue weighted by atomic mass is 9.91. The van der Waals surface area contributed by atoms with Gasteiger partial charge in [-0.2, -0.15) is 9.97 Å². The molecule has 6 rings (SSSR count). The highest BCUT2D eigenvalue weighted by atomic mass is 16.7. The Bertz CT molecular complexity index is 1510. The standard InChI is InChI=1S/C30H35N7O3/c1-30(2,3)16-25(38)35-11-13-36(14-12-35)29-33-27(31-17-22-9-10-23-24(15-22)40-20-39-23)26-28(34-29)37(19-32-26)18-21-7-5-4-6-8-21/h4-10,15,19H,11-14,16-18,20H2,1-3H3,(H,31,33,34). The van der Waals surface area contributed by atoms with Gasteiger partial charge in [0.05, 0.1) is 12.9 Å². The summed E-state index contributed by atoms with van der Waals surface area (Å²) >= 11 is 0. The molecule has 0 unspecified atom stereocenters. The Morgan fingerprint density at radius 2 is 1.73 bits per heavy atom. The van der Waals surface area contributed by atoms with Crippen LogP contribution < -0.4 is 19.7 Å². The van der Waals surface area contributed by atoms with Gasteiger partial charge in [0.25, 0.3) is 0 Å². The first-order valence-corrected chi connectivity index (χ1v) is 13.7. The number of fused-ring (bicyclic) bond motifs is 2. The Morgan fingerprint density at radius 1 is 0.950 bits per heavy atom. The molecule has 2 aliphatic rings. The van der Waals surface area contributed by atoms with Gasteiger partial charge >= 0.3 is 0 Å². The molecule has 1 fully saturated rings. The van der Waals surface area contributed by atoms with Crippen molar-refractivity contribution in [1.29, 1.82) is 0 Å². The largest absolute Gasteiger partial charge is 0.454 e. The lowest BCUT2D eigenvalue weighted by Crippen LogP contribution is -2.49. The molecular formula is C30H35N7O3. The predicted octanol–water partition coefficient (Wildman–Crippen LogP) is 4.30. The quantitative estimate of drug-likeness (QED) is 0.370. The van der Waals surface area contributed by atoms with Crippen molar-refractivity contribution in [3.05, 3.63) is 66.0 Å². The number of rotatable bonds is 7. The highest BCUT2D eigenvalue weighted by molar-refractivity contribution is 5.84. The van der Waals surface area contributed by atoms with Gasteiger partial charge in [-0.25, -0.2) is 4.98 Å². The van der Waals surface area contributed by atoms with Crippen LogP contribution in [0.15, 0.2) is 54.9 Å². The normalized spacial score (nSPS) is 15.1. The molecule has 4 aromatic rings. The molecule has 2 aliphatic heterocycles. The lowest BCUT2D eigenvalue weighted by Gasteiger charge is -2.36. The van der Waals surface area contributed by atoms with Gasteiger partial charge in [0.1, 0.15) is 0 Å². The Balaban J connectivity index is 1.26. The van der Waals surface area contributed by atoms with E-state index >= 15 is 0 Å². The van der Waals surface area contributed by atoms with E-state index in [1.165, 1.54) is 5.56 Å². The smallest absolute Gasteiger partial charge is 0.231 e. The molecular weight excluding hydrogens is 506 g/mol. The Kier molecular flexibility index (Phi) is 6.91. The maximum absolute atomic E-state index is 12.8. The molecule has 4 heterocycles. The van der Waals surface area contributed by atoms with Crippen molar-refractivity contribution in [3.8, 4) is 11.5 Å². The Morgan fingerprint density at radius 3 is 2.50 bits per heavy atom. The van der Waals surface area contributed by atoms with E-state index in [-0.39, 0.29) is 18.1 Å². The predicted molar refractivity (Wildman–Crippen MR) is 154 cm³/mol. The van der Waals surface area contributed by atoms with Crippen LogP contribution >= 0.6 is 0 Å². The molecule has 1 N–H and O–H groups in total. The molecule has 0 spiro atoms. The highest BCUT2D eigenvalue weighted by Gasteiger charge is 2.27. The van der Waals surface area contributed by atoms with Crippen LogP contribution in [0.1, 0.15) is 38.3 Å². The van der Waals surface area contributed by atoms with Gasteiger partial charge in [-0.15, -0.1) is 0 Å². The second kappa shape index (κ2) is 10.7. The summed E-state index contributed by atoms with van der Waals surface area (Å²) in [6.45, 7) is 10.4. The van der Waals surface area contributed by atoms with Crippen molar-refractivity contribution in [2.45, 2.75) is 40.3 Å². The summed E-state index contributed by atoms with van der Waals surface area (Å²) in [5, 5.41) is 3.49. The molecule has 1 amide bonds. The van der Waals surface area contributed by atoms with E-state index < -0.39 is 0 Å². The van der Waals surface area contributed by atoms with Gasteiger partial charge in [-0.05, 0) is 28.7 Å². The molecule has 2 aromatic heterocycles. The highest BCUT2D eigenvalue weighted by Crippen LogP contribution is 2.33. The van der Waals surface area contributed by atoms with Crippen LogP contribution in [0.4, 0.5) is 11.8 Å². The van der Waals surface area contributed by atoms with Gasteiger partial charge < -0.3 is 29.2 Å². The van der Waals surface area contributed by atoms with Crippen LogP contribution in [-0.4, -0.2) is 63.3 Å². The van der Waals surface area contributed by atoms with E-state index in [1.807, 2.05) is 47.6 Å². The zero-order chi connectivity index (χ0) is 27.7. The lowest BCUT2D eigenvalue weighted by molar-refractivity contribution is -0.133. The van der Waals surface area contributed by atoms with Crippen molar-refractivity contribution in [1.82, 2.24) is 24.4 Å². The molecule has 0 atom stereocenters. The fourth-order valence-corrected chi connectivity index (χ4v) is 5.05. The zero-order valence-electron chi connectivity index (χ0n) is 23.3. The van der Waals surface area contributed by atoms with Crippen LogP contribution in [0.25, 0.3) is 11.2 Å². The third-order valence-electron chi connectivity index (χ3n) is 7.14. The zero-order valence-corrected chi connectivity index (χ0v) is 23.3. The molecule has 1 saturated heterocycles. The van der Waals surface area contributed by atoms with Gasteiger partial charge in [-0.3, -0.25) is 4.79 Å². The number of anilines is 2. The van der Waals surface area contributed by atoms with Crippen LogP contribution in [0, 0.1) is 5.41 Å². The maximum Gasteiger partial charge on any atom is 0.231 e. The number of imidazole rings is 1. The molecule has 0 bridgehead atoms. The molecule has 40 heavy (non-hydrogen) atoms. The van der Waals surface area contributed by atoms with Gasteiger partial charge in [0.15, 0.2) is 28.5 Å². The summed E-state index contributed by atoms with van der Waals surface area (Å²) in [6, 6.07) is 16.2. The Labute approximate surface area is 233 Å². The topological polar surface area (TPSA) is 97.6 Å². The van der Waals surface area contributed by atoms with E-state index in [9.17, 15) is 4.79 Å². The van der Waals surface area contributed by atoms with Crippen LogP contribution in [0.5, 0.6) is 11.5 Å². The first-order chi connectivity index (χ1) is 19.3. The number of amides is 1. The van der Waals surface area contributed by atoms with Crippen molar-refractivity contribution < 1.29 is 14.3 Å². The average molecular weight is 542 g/mol. The summed E-state index contributed by atoms with van der Waals surface area (Å²) in [4.78, 5) is 31.5. The molecule has 10 nitrogen and oxygen atoms in total. The SMILES string of the molecule is CC(C)(C)CC(=O)N1CCN(c2nc(NCc3ccc4c(c3)OCO4)c3ncn(Cc4ccccc4)c3n2)CC1. The van der Waals surface area contributed by atoms with Crippen molar-refractivity contribution in [2.24, 2.45) is 5.41 Å². The minimum absolute atomic E-state index is 0.0297. The van der Waals surface area contributed by atoms with E-state index in [4.69, 9.17) is 24.4 Å². The van der Waals surface area contributed by atoms with E-state index in [0.717, 1.165) is 28.2 Å². The summed E-state index contributed by atoms with van der Waals surface area (Å²) < 4.78 is 13.1. The summed E-state index contributed by atoms with van der Waals surface area (Å²) in [5.74, 6) is 3.03. The van der Waals surface area contributed by atoms with E-state index in [1.54, 1.807) is 0 Å². The number of nitrogens with zero attached hydrogens (tertiary/aromatic N) is 6. The Hall–Kier alpha value is -4.34. The molecule has 208 valence electrons. The van der Waals surface area contributed by atoms with Gasteiger partial charge in [-0.1, -0.05) is 57.2 Å². The minimum atomic E-state index is -0.0297. The number of ether oxygens (including phenoxy) is 2. The number of hydrogen-bond acceptors (Lipinski definition) is 8. The fourth-order valence-electron chi connectivity index (χ4n) is 5.05. The first kappa shape index (κ1) is 25.9. The van der Waals surface area contributed by atoms with Crippen LogP contribution in [0.3, 0.4) is 0 Å². The van der Waals surface area contributed by atoms with Crippen molar-refractivity contribution in [3.63, 3.8) is 0 Å². The average Bonchev–Trinajstić information content (AvgIpc) is 3.58. The van der Waals surface area contributed by atoms with Crippen LogP contribution in [0.2, 0.25) is 0 Å². The molecule has 0 saturated carbocycles. The third-order valence-corrected chi connectivity index (χ3v) is 7.14. The van der Waals surface area contributed by atoms with E-state index in [2.05, 4.69) is 47.7 Å². The summed E-state index contributed by atoms with van der Waals surface area (Å²) in [5.41, 5.74) is 3.68. The second-order valence-electron chi connectivity index (χ2n) is 11.5. The summed E-state index contributed by atoms with van der Waals surface area (Å²) in [6.07, 6.45) is 2.37. The van der Waals surface area contributed by atoms with Crippen molar-refractivity contribution >= 4 is 28.8 Å². The molecule has 0 radical (unpaired) electrons. The van der Waals surface area contributed by atoms with Gasteiger partial charge in [0, 0.05) is 39.1 Å². The molecule has 2 aromatic carbocycles. The van der Waals surface area contributed by atoms with Gasteiger partial charge in [0.2, 0.25) is 18.6 Å². The number of carbonyl (C=O) groups excluding carboxylic acids is 1.